The van der Waals surface area contributed by atoms with Crippen molar-refractivity contribution in [2.45, 2.75) is 106 Å². The number of aromatic nitrogens is 3. The number of aryl methyl sites for hydroxylation is 2. The number of nitrogens with zero attached hydrogens (tertiary/aromatic N) is 2. The molecule has 9 rings (SSSR count). The summed E-state index contributed by atoms with van der Waals surface area (Å²) in [6.45, 7) is 20.9. The third-order valence-electron chi connectivity index (χ3n) is 13.4. The van der Waals surface area contributed by atoms with Gasteiger partial charge in [-0.15, -0.1) is 13.2 Å². The molecule has 3 aliphatic carbocycles. The second-order valence-electron chi connectivity index (χ2n) is 23.0. The van der Waals surface area contributed by atoms with Crippen LogP contribution in [-0.2, 0) is 20.4 Å². The zero-order valence-corrected chi connectivity index (χ0v) is 48.4. The molecule has 0 aliphatic heterocycles. The number of ketones is 2. The van der Waals surface area contributed by atoms with E-state index in [0.29, 0.717) is 64.5 Å². The molecular weight excluding hydrogens is 1080 g/mol. The molecule has 1 atom stereocenters. The Labute approximate surface area is 485 Å². The lowest BCUT2D eigenvalue weighted by atomic mass is 9.86. The minimum absolute atomic E-state index is 0.0388. The summed E-state index contributed by atoms with van der Waals surface area (Å²) in [5.41, 5.74) is 5.48. The van der Waals surface area contributed by atoms with E-state index in [-0.39, 0.29) is 68.6 Å². The van der Waals surface area contributed by atoms with Gasteiger partial charge in [0, 0.05) is 60.0 Å². The molecular formula is C65H67F3N6O10. The molecule has 84 heavy (non-hydrogen) atoms. The van der Waals surface area contributed by atoms with E-state index in [4.69, 9.17) is 14.2 Å². The molecule has 1 saturated carbocycles. The van der Waals surface area contributed by atoms with Crippen LogP contribution in [0.4, 0.5) is 18.9 Å². The van der Waals surface area contributed by atoms with Gasteiger partial charge in [-0.1, -0.05) is 79.7 Å². The summed E-state index contributed by atoms with van der Waals surface area (Å²) in [5.74, 6) is 0.364. The van der Waals surface area contributed by atoms with Gasteiger partial charge in [0.2, 0.25) is 5.56 Å². The van der Waals surface area contributed by atoms with Crippen LogP contribution in [0.15, 0.2) is 162 Å². The molecule has 6 aromatic rings. The number of rotatable bonds is 14. The fourth-order valence-corrected chi connectivity index (χ4v) is 8.27. The number of hydrogen-bond acceptors (Lipinski definition) is 12. The van der Waals surface area contributed by atoms with Crippen LogP contribution in [0.1, 0.15) is 128 Å². The molecule has 0 radical (unpaired) electrons. The van der Waals surface area contributed by atoms with Crippen molar-refractivity contribution in [2.75, 3.05) is 11.9 Å². The number of aromatic amines is 1. The van der Waals surface area contributed by atoms with Gasteiger partial charge in [0.25, 0.3) is 17.7 Å². The number of hydrogen-bond donors (Lipinski definition) is 4. The first kappa shape index (κ1) is 62.2. The zero-order chi connectivity index (χ0) is 61.1. The molecule has 0 saturated heterocycles. The number of H-pyrrole nitrogens is 1. The number of benzene rings is 3. The minimum atomic E-state index is -4.88. The van der Waals surface area contributed by atoms with Gasteiger partial charge in [-0.2, -0.15) is 0 Å². The van der Waals surface area contributed by atoms with E-state index in [1.54, 1.807) is 54.9 Å². The second-order valence-corrected chi connectivity index (χ2v) is 23.0. The van der Waals surface area contributed by atoms with Crippen LogP contribution in [0.25, 0.3) is 0 Å². The lowest BCUT2D eigenvalue weighted by Crippen LogP contribution is -2.25. The topological polar surface area (TPSA) is 217 Å². The number of alkyl halides is 3. The second kappa shape index (κ2) is 26.2. The van der Waals surface area contributed by atoms with E-state index in [9.17, 15) is 41.9 Å². The first-order valence-electron chi connectivity index (χ1n) is 27.0. The predicted octanol–water partition coefficient (Wildman–Crippen LogP) is 13.2. The van der Waals surface area contributed by atoms with Gasteiger partial charge in [-0.05, 0) is 139 Å². The van der Waals surface area contributed by atoms with E-state index in [2.05, 4.69) is 91.0 Å². The van der Waals surface area contributed by atoms with Crippen LogP contribution >= 0.6 is 0 Å². The van der Waals surface area contributed by atoms with Crippen LogP contribution in [-0.4, -0.2) is 57.2 Å². The molecule has 16 nitrogen and oxygen atoms in total. The minimum Gasteiger partial charge on any atom is -0.492 e. The van der Waals surface area contributed by atoms with E-state index >= 15 is 0 Å². The number of ether oxygens (including phenoxy) is 4. The smallest absolute Gasteiger partial charge is 0.492 e. The van der Waals surface area contributed by atoms with Crippen LogP contribution in [0, 0.1) is 25.2 Å². The van der Waals surface area contributed by atoms with Crippen LogP contribution < -0.4 is 40.5 Å². The Balaban J connectivity index is 0.000000181. The molecule has 4 N–H and O–H groups in total. The number of allylic oxidation sites excluding steroid dienone is 6. The van der Waals surface area contributed by atoms with Gasteiger partial charge in [0.1, 0.15) is 34.5 Å². The van der Waals surface area contributed by atoms with E-state index in [0.717, 1.165) is 41.1 Å². The Morgan fingerprint density at radius 2 is 1.08 bits per heavy atom. The van der Waals surface area contributed by atoms with E-state index < -0.39 is 18.0 Å². The molecule has 3 heterocycles. The van der Waals surface area contributed by atoms with E-state index in [1.807, 2.05) is 62.4 Å². The Kier molecular flexibility index (Phi) is 19.4. The summed E-state index contributed by atoms with van der Waals surface area (Å²) in [5, 5.41) is 8.07. The third-order valence-corrected chi connectivity index (χ3v) is 13.4. The number of anilines is 1. The maximum atomic E-state index is 12.9. The van der Waals surface area contributed by atoms with Crippen molar-refractivity contribution in [3.63, 3.8) is 0 Å². The molecule has 3 aliphatic rings. The summed E-state index contributed by atoms with van der Waals surface area (Å²) in [6.07, 6.45) is 10.7. The quantitative estimate of drug-likeness (QED) is 0.0801. The Morgan fingerprint density at radius 1 is 0.607 bits per heavy atom. The Morgan fingerprint density at radius 3 is 1.50 bits per heavy atom. The highest BCUT2D eigenvalue weighted by Crippen LogP contribution is 2.51. The maximum absolute atomic E-state index is 12.9. The molecule has 1 fully saturated rings. The fraction of sp³-hybridized carbons (Fsp3) is 0.292. The van der Waals surface area contributed by atoms with Gasteiger partial charge >= 0.3 is 6.36 Å². The summed E-state index contributed by atoms with van der Waals surface area (Å²) < 4.78 is 59.2. The highest BCUT2D eigenvalue weighted by atomic mass is 19.4. The Bertz CT molecular complexity index is 3600. The van der Waals surface area contributed by atoms with Crippen molar-refractivity contribution < 1.29 is 56.1 Å². The van der Waals surface area contributed by atoms with Gasteiger partial charge in [0.15, 0.2) is 11.6 Å². The molecule has 438 valence electrons. The van der Waals surface area contributed by atoms with Crippen molar-refractivity contribution in [1.82, 2.24) is 25.6 Å². The molecule has 1 unspecified atom stereocenters. The Hall–Kier alpha value is -9.39. The first-order valence-corrected chi connectivity index (χ1v) is 27.0. The maximum Gasteiger partial charge on any atom is 0.573 e. The monoisotopic (exact) mass is 1150 g/mol. The van der Waals surface area contributed by atoms with Crippen LogP contribution in [0.3, 0.4) is 0 Å². The van der Waals surface area contributed by atoms with Crippen molar-refractivity contribution >= 4 is 35.0 Å². The van der Waals surface area contributed by atoms with Crippen molar-refractivity contribution in [1.29, 1.82) is 0 Å². The van der Waals surface area contributed by atoms with Crippen molar-refractivity contribution in [3.05, 3.63) is 207 Å². The van der Waals surface area contributed by atoms with Crippen LogP contribution in [0.2, 0.25) is 0 Å². The zero-order valence-electron chi connectivity index (χ0n) is 48.4. The fourth-order valence-electron chi connectivity index (χ4n) is 8.27. The molecule has 0 bridgehead atoms. The number of pyridine rings is 3. The van der Waals surface area contributed by atoms with Gasteiger partial charge in [-0.3, -0.25) is 38.7 Å². The van der Waals surface area contributed by atoms with Gasteiger partial charge < -0.3 is 39.9 Å². The normalized spacial score (nSPS) is 15.1. The summed E-state index contributed by atoms with van der Waals surface area (Å²) in [6, 6.07) is 24.7. The SMILES string of the molecule is CC1(C)CC1COc1ccc(OC(F)(F)F)cc1C(=O)NC1=CC(=O)CC=C1.Cc1ccc(Oc2cc(C(C)(C)C)ccc2C(=O)NC2=CC(=O)CC=C2)cn1.Cc1ccc(Oc2cc(C(C)(C)C)ccc2C(=O)Nc2ccc(=O)[nH]c2)cn1. The van der Waals surface area contributed by atoms with Gasteiger partial charge in [-0.25, -0.2) is 0 Å². The highest BCUT2D eigenvalue weighted by molar-refractivity contribution is 6.06. The summed E-state index contributed by atoms with van der Waals surface area (Å²) in [4.78, 5) is 83.6. The molecule has 3 amide bonds. The summed E-state index contributed by atoms with van der Waals surface area (Å²) >= 11 is 0. The number of nitrogens with one attached hydrogen (secondary N) is 4. The standard InChI is InChI=1S/C23H24N2O3.C22H23N3O3.C20H20F3NO4/c1-15-8-10-19(14-24-15)28-21-12-16(23(2,3)4)9-11-20(21)22(27)25-17-6-5-7-18(26)13-17;1-14-5-8-17(13-23-14)28-19-11-15(22(2,3)4)6-9-18(19)21(27)25-16-7-10-20(26)24-12-16;1-19(2)10-12(19)11-27-17-7-6-15(28-20(21,22)23)9-16(17)18(26)24-13-4-3-5-14(25)8-13/h5-6,8-14H,7H2,1-4H3,(H,25,27);5-13H,1-4H3,(H,24,26)(H,25,27);3-4,6-9,12H,5,10-11H2,1-2H3,(H,24,26). The number of carbonyl (C=O) groups excluding carboxylic acids is 5. The molecule has 19 heteroatoms. The van der Waals surface area contributed by atoms with Crippen molar-refractivity contribution in [2.24, 2.45) is 11.3 Å². The molecule has 3 aromatic carbocycles. The molecule has 0 spiro atoms. The van der Waals surface area contributed by atoms with Gasteiger partial charge in [0.05, 0.1) is 41.4 Å². The number of carbonyl (C=O) groups is 5. The largest absolute Gasteiger partial charge is 0.573 e. The predicted molar refractivity (Wildman–Crippen MR) is 313 cm³/mol. The average molecular weight is 1150 g/mol. The highest BCUT2D eigenvalue weighted by Gasteiger charge is 2.46. The van der Waals surface area contributed by atoms with Crippen LogP contribution in [0.5, 0.6) is 34.5 Å². The average Bonchev–Trinajstić information content (AvgIpc) is 4.24. The third kappa shape index (κ3) is 18.3. The van der Waals surface area contributed by atoms with E-state index in [1.165, 1.54) is 30.5 Å². The number of amides is 3. The number of halogens is 3. The lowest BCUT2D eigenvalue weighted by Gasteiger charge is -2.21. The van der Waals surface area contributed by atoms with Crippen molar-refractivity contribution in [3.8, 4) is 34.5 Å². The first-order chi connectivity index (χ1) is 39.5. The lowest BCUT2D eigenvalue weighted by molar-refractivity contribution is -0.274. The molecule has 3 aromatic heterocycles. The summed E-state index contributed by atoms with van der Waals surface area (Å²) in [7, 11) is 0.